The Hall–Kier alpha value is -1.91. The number of rotatable bonds is 12. The summed E-state index contributed by atoms with van der Waals surface area (Å²) >= 11 is 0. The molecule has 4 nitrogen and oxygen atoms in total. The zero-order valence-electron chi connectivity index (χ0n) is 16.2. The van der Waals surface area contributed by atoms with Crippen molar-refractivity contribution in [1.29, 1.82) is 0 Å². The number of hydrogen-bond acceptors (Lipinski definition) is 2. The number of anilines is 1. The molecule has 0 saturated carbocycles. The first kappa shape index (κ1) is 22.1. The first-order chi connectivity index (χ1) is 12.5. The maximum absolute atomic E-state index is 13.2. The van der Waals surface area contributed by atoms with Gasteiger partial charge in [0.15, 0.2) is 0 Å². The van der Waals surface area contributed by atoms with Gasteiger partial charge >= 0.3 is 11.8 Å². The number of aryl methyl sites for hydroxylation is 1. The molecule has 0 saturated heterocycles. The standard InChI is InChI=1S/C21H33FN2O2/c1-3-4-5-6-7-8-9-10-11-12-15-23-20(25)21(26)24-19-16-18(22)14-13-17(19)2/h13-14,16H,3-12,15H2,1-2H3,(H,23,25)(H,24,26). The lowest BCUT2D eigenvalue weighted by atomic mass is 10.1. The van der Waals surface area contributed by atoms with E-state index in [1.165, 1.54) is 63.5 Å². The van der Waals surface area contributed by atoms with Crippen LogP contribution in [0.5, 0.6) is 0 Å². The van der Waals surface area contributed by atoms with Gasteiger partial charge in [0.1, 0.15) is 5.82 Å². The second-order valence-corrected chi connectivity index (χ2v) is 6.85. The molecule has 1 rings (SSSR count). The summed E-state index contributed by atoms with van der Waals surface area (Å²) in [6, 6.07) is 4.09. The SMILES string of the molecule is CCCCCCCCCCCCNC(=O)C(=O)Nc1cc(F)ccc1C. The summed E-state index contributed by atoms with van der Waals surface area (Å²) < 4.78 is 13.2. The van der Waals surface area contributed by atoms with Crippen molar-refractivity contribution < 1.29 is 14.0 Å². The van der Waals surface area contributed by atoms with E-state index in [-0.39, 0.29) is 0 Å². The van der Waals surface area contributed by atoms with Crippen molar-refractivity contribution in [2.75, 3.05) is 11.9 Å². The van der Waals surface area contributed by atoms with E-state index in [9.17, 15) is 14.0 Å². The highest BCUT2D eigenvalue weighted by Crippen LogP contribution is 2.15. The predicted octanol–water partition coefficient (Wildman–Crippen LogP) is 5.11. The highest BCUT2D eigenvalue weighted by molar-refractivity contribution is 6.39. The van der Waals surface area contributed by atoms with Crippen LogP contribution in [0.1, 0.15) is 76.7 Å². The molecule has 146 valence electrons. The van der Waals surface area contributed by atoms with Crippen LogP contribution in [-0.4, -0.2) is 18.4 Å². The second kappa shape index (κ2) is 13.3. The lowest BCUT2D eigenvalue weighted by molar-refractivity contribution is -0.136. The number of nitrogens with one attached hydrogen (secondary N) is 2. The maximum atomic E-state index is 13.2. The van der Waals surface area contributed by atoms with Gasteiger partial charge in [-0.25, -0.2) is 4.39 Å². The molecule has 0 atom stereocenters. The van der Waals surface area contributed by atoms with E-state index in [1.54, 1.807) is 13.0 Å². The molecule has 0 radical (unpaired) electrons. The molecular formula is C21H33FN2O2. The van der Waals surface area contributed by atoms with E-state index < -0.39 is 17.6 Å². The van der Waals surface area contributed by atoms with E-state index in [1.807, 2.05) is 0 Å². The fourth-order valence-corrected chi connectivity index (χ4v) is 2.80. The third kappa shape index (κ3) is 9.54. The molecule has 0 aromatic heterocycles. The van der Waals surface area contributed by atoms with Gasteiger partial charge in [-0.3, -0.25) is 9.59 Å². The number of carbonyl (C=O) groups excluding carboxylic acids is 2. The van der Waals surface area contributed by atoms with Crippen molar-refractivity contribution in [3.63, 3.8) is 0 Å². The van der Waals surface area contributed by atoms with Crippen LogP contribution in [0.15, 0.2) is 18.2 Å². The number of halogens is 1. The van der Waals surface area contributed by atoms with Crippen LogP contribution >= 0.6 is 0 Å². The number of carbonyl (C=O) groups is 2. The van der Waals surface area contributed by atoms with Crippen LogP contribution in [0.25, 0.3) is 0 Å². The minimum atomic E-state index is -0.759. The molecule has 2 N–H and O–H groups in total. The van der Waals surface area contributed by atoms with Crippen molar-refractivity contribution in [3.05, 3.63) is 29.6 Å². The fraction of sp³-hybridized carbons (Fsp3) is 0.619. The van der Waals surface area contributed by atoms with Gasteiger partial charge in [0.25, 0.3) is 0 Å². The van der Waals surface area contributed by atoms with Crippen LogP contribution < -0.4 is 10.6 Å². The average molecular weight is 365 g/mol. The van der Waals surface area contributed by atoms with Gasteiger partial charge in [0, 0.05) is 12.2 Å². The highest BCUT2D eigenvalue weighted by atomic mass is 19.1. The Kier molecular flexibility index (Phi) is 11.3. The Morgan fingerprint density at radius 1 is 0.885 bits per heavy atom. The van der Waals surface area contributed by atoms with Crippen molar-refractivity contribution >= 4 is 17.5 Å². The molecular weight excluding hydrogens is 331 g/mol. The third-order valence-electron chi connectivity index (χ3n) is 4.47. The molecule has 2 amide bonds. The zero-order chi connectivity index (χ0) is 19.2. The fourth-order valence-electron chi connectivity index (χ4n) is 2.80. The summed E-state index contributed by atoms with van der Waals surface area (Å²) in [5.74, 6) is -1.88. The van der Waals surface area contributed by atoms with Gasteiger partial charge < -0.3 is 10.6 Å². The molecule has 0 spiro atoms. The Bertz CT molecular complexity index is 561. The van der Waals surface area contributed by atoms with E-state index in [4.69, 9.17) is 0 Å². The topological polar surface area (TPSA) is 58.2 Å². The molecule has 0 aliphatic carbocycles. The third-order valence-corrected chi connectivity index (χ3v) is 4.47. The summed E-state index contributed by atoms with van der Waals surface area (Å²) in [4.78, 5) is 23.6. The smallest absolute Gasteiger partial charge is 0.313 e. The molecule has 1 aromatic carbocycles. The molecule has 0 aliphatic rings. The Balaban J connectivity index is 2.07. The largest absolute Gasteiger partial charge is 0.348 e. The first-order valence-corrected chi connectivity index (χ1v) is 9.90. The van der Waals surface area contributed by atoms with E-state index in [0.717, 1.165) is 12.8 Å². The minimum Gasteiger partial charge on any atom is -0.348 e. The van der Waals surface area contributed by atoms with E-state index in [0.29, 0.717) is 17.8 Å². The second-order valence-electron chi connectivity index (χ2n) is 6.85. The number of hydrogen-bond donors (Lipinski definition) is 2. The van der Waals surface area contributed by atoms with Crippen LogP contribution in [0.2, 0.25) is 0 Å². The average Bonchev–Trinajstić information content (AvgIpc) is 2.62. The molecule has 0 unspecified atom stereocenters. The van der Waals surface area contributed by atoms with Gasteiger partial charge in [0.2, 0.25) is 0 Å². The Morgan fingerprint density at radius 2 is 1.46 bits per heavy atom. The van der Waals surface area contributed by atoms with Crippen LogP contribution in [0, 0.1) is 12.7 Å². The van der Waals surface area contributed by atoms with E-state index >= 15 is 0 Å². The van der Waals surface area contributed by atoms with Crippen molar-refractivity contribution in [3.8, 4) is 0 Å². The molecule has 0 fully saturated rings. The zero-order valence-corrected chi connectivity index (χ0v) is 16.2. The molecule has 5 heteroatoms. The quantitative estimate of drug-likeness (QED) is 0.400. The van der Waals surface area contributed by atoms with Gasteiger partial charge in [0.05, 0.1) is 0 Å². The molecule has 0 bridgehead atoms. The molecule has 1 aromatic rings. The summed E-state index contributed by atoms with van der Waals surface area (Å²) in [7, 11) is 0. The molecule has 0 heterocycles. The number of benzene rings is 1. The van der Waals surface area contributed by atoms with Crippen LogP contribution in [-0.2, 0) is 9.59 Å². The van der Waals surface area contributed by atoms with Gasteiger partial charge in [-0.15, -0.1) is 0 Å². The van der Waals surface area contributed by atoms with Crippen molar-refractivity contribution in [2.24, 2.45) is 0 Å². The molecule has 0 aliphatic heterocycles. The summed E-state index contributed by atoms with van der Waals surface area (Å²) in [5, 5.41) is 5.07. The predicted molar refractivity (Wildman–Crippen MR) is 105 cm³/mol. The number of amides is 2. The highest BCUT2D eigenvalue weighted by Gasteiger charge is 2.14. The van der Waals surface area contributed by atoms with E-state index in [2.05, 4.69) is 17.6 Å². The summed E-state index contributed by atoms with van der Waals surface area (Å²) in [6.07, 6.45) is 12.2. The summed E-state index contributed by atoms with van der Waals surface area (Å²) in [5.41, 5.74) is 1.03. The van der Waals surface area contributed by atoms with Crippen molar-refractivity contribution in [1.82, 2.24) is 5.32 Å². The Labute approximate surface area is 156 Å². The lowest BCUT2D eigenvalue weighted by Crippen LogP contribution is -2.36. The maximum Gasteiger partial charge on any atom is 0.313 e. The van der Waals surface area contributed by atoms with Gasteiger partial charge in [-0.05, 0) is 31.0 Å². The lowest BCUT2D eigenvalue weighted by Gasteiger charge is -2.09. The van der Waals surface area contributed by atoms with Gasteiger partial charge in [-0.1, -0.05) is 70.8 Å². The van der Waals surface area contributed by atoms with Crippen molar-refractivity contribution in [2.45, 2.75) is 78.1 Å². The molecule has 26 heavy (non-hydrogen) atoms. The first-order valence-electron chi connectivity index (χ1n) is 9.90. The minimum absolute atomic E-state index is 0.323. The van der Waals surface area contributed by atoms with Gasteiger partial charge in [-0.2, -0.15) is 0 Å². The monoisotopic (exact) mass is 364 g/mol. The normalized spacial score (nSPS) is 10.6. The van der Waals surface area contributed by atoms with Crippen LogP contribution in [0.4, 0.5) is 10.1 Å². The Morgan fingerprint density at radius 3 is 2.08 bits per heavy atom. The van der Waals surface area contributed by atoms with Crippen LogP contribution in [0.3, 0.4) is 0 Å². The summed E-state index contributed by atoms with van der Waals surface area (Å²) in [6.45, 7) is 4.46. The number of unbranched alkanes of at least 4 members (excludes halogenated alkanes) is 9.